The summed E-state index contributed by atoms with van der Waals surface area (Å²) in [6, 6.07) is 4.30. The molecular weight excluding hydrogens is 433 g/mol. The fraction of sp³-hybridized carbons (Fsp3) is 0.529. The topological polar surface area (TPSA) is 56.3 Å². The molecule has 0 aliphatic rings. The lowest BCUT2D eigenvalue weighted by atomic mass is 10.1. The Bertz CT molecular complexity index is 594. The number of rotatable bonds is 8. The Morgan fingerprint density at radius 2 is 2.25 bits per heavy atom. The molecule has 0 aliphatic heterocycles. The standard InChI is InChI=1S/C17H27N5S.HI/c1-4-18-17(22(3)11-9-16-8-6-12-23-16)19-10-5-7-15-13-20-21-14(15)2;/h6,8,12-13H,4-5,7,9-11H2,1-3H3,(H,18,19)(H,20,21);1H. The smallest absolute Gasteiger partial charge is 0.193 e. The summed E-state index contributed by atoms with van der Waals surface area (Å²) in [5, 5.41) is 12.6. The third-order valence-electron chi connectivity index (χ3n) is 3.77. The summed E-state index contributed by atoms with van der Waals surface area (Å²) in [5.74, 6) is 0.993. The number of aliphatic imine (C=N–C) groups is 1. The maximum Gasteiger partial charge on any atom is 0.193 e. The molecule has 2 heterocycles. The van der Waals surface area contributed by atoms with Gasteiger partial charge in [0.25, 0.3) is 0 Å². The zero-order valence-electron chi connectivity index (χ0n) is 14.7. The molecule has 0 atom stereocenters. The van der Waals surface area contributed by atoms with Crippen LogP contribution in [0.25, 0.3) is 0 Å². The predicted octanol–water partition coefficient (Wildman–Crippen LogP) is 3.47. The Hall–Kier alpha value is -1.09. The first-order valence-corrected chi connectivity index (χ1v) is 9.09. The Balaban J connectivity index is 0.00000288. The molecule has 0 aliphatic carbocycles. The van der Waals surface area contributed by atoms with E-state index < -0.39 is 0 Å². The van der Waals surface area contributed by atoms with E-state index in [1.807, 2.05) is 17.5 Å². The minimum atomic E-state index is 0. The number of nitrogens with one attached hydrogen (secondary N) is 2. The van der Waals surface area contributed by atoms with Crippen LogP contribution in [0.4, 0.5) is 0 Å². The van der Waals surface area contributed by atoms with Crippen molar-refractivity contribution < 1.29 is 0 Å². The Kier molecular flexibility index (Phi) is 10.0. The van der Waals surface area contributed by atoms with Crippen LogP contribution in [0.15, 0.2) is 28.7 Å². The van der Waals surface area contributed by atoms with E-state index in [1.54, 1.807) is 0 Å². The second-order valence-electron chi connectivity index (χ2n) is 5.61. The van der Waals surface area contributed by atoms with Gasteiger partial charge in [0.1, 0.15) is 0 Å². The first-order valence-electron chi connectivity index (χ1n) is 8.21. The lowest BCUT2D eigenvalue weighted by molar-refractivity contribution is 0.486. The van der Waals surface area contributed by atoms with Crippen LogP contribution in [0.5, 0.6) is 0 Å². The van der Waals surface area contributed by atoms with Crippen LogP contribution in [0, 0.1) is 6.92 Å². The molecule has 0 fully saturated rings. The molecule has 24 heavy (non-hydrogen) atoms. The van der Waals surface area contributed by atoms with Gasteiger partial charge in [-0.1, -0.05) is 6.07 Å². The van der Waals surface area contributed by atoms with Crippen molar-refractivity contribution in [2.45, 2.75) is 33.1 Å². The summed E-state index contributed by atoms with van der Waals surface area (Å²) in [6.07, 6.45) is 5.03. The van der Waals surface area contributed by atoms with Crippen LogP contribution >= 0.6 is 35.3 Å². The van der Waals surface area contributed by atoms with Gasteiger partial charge in [0.2, 0.25) is 0 Å². The SMILES string of the molecule is CCNC(=NCCCc1cn[nH]c1C)N(C)CCc1cccs1.I. The normalized spacial score (nSPS) is 11.2. The number of guanidine groups is 1. The molecule has 0 aromatic carbocycles. The van der Waals surface area contributed by atoms with Crippen molar-refractivity contribution in [3.05, 3.63) is 39.8 Å². The fourth-order valence-electron chi connectivity index (χ4n) is 2.39. The monoisotopic (exact) mass is 461 g/mol. The highest BCUT2D eigenvalue weighted by molar-refractivity contribution is 14.0. The summed E-state index contributed by atoms with van der Waals surface area (Å²) in [5.41, 5.74) is 2.45. The lowest BCUT2D eigenvalue weighted by Gasteiger charge is -2.21. The average molecular weight is 461 g/mol. The zero-order valence-corrected chi connectivity index (χ0v) is 17.9. The van der Waals surface area contributed by atoms with E-state index in [9.17, 15) is 0 Å². The zero-order chi connectivity index (χ0) is 16.5. The second-order valence-corrected chi connectivity index (χ2v) is 6.64. The third kappa shape index (κ3) is 6.80. The maximum atomic E-state index is 4.75. The van der Waals surface area contributed by atoms with E-state index in [2.05, 4.69) is 58.8 Å². The Labute approximate surface area is 166 Å². The number of hydrogen-bond donors (Lipinski definition) is 2. The van der Waals surface area contributed by atoms with Gasteiger partial charge in [0.15, 0.2) is 5.96 Å². The minimum Gasteiger partial charge on any atom is -0.357 e. The first kappa shape index (κ1) is 21.0. The summed E-state index contributed by atoms with van der Waals surface area (Å²) >= 11 is 1.82. The number of halogens is 1. The largest absolute Gasteiger partial charge is 0.357 e. The average Bonchev–Trinajstić information content (AvgIpc) is 3.20. The van der Waals surface area contributed by atoms with Gasteiger partial charge >= 0.3 is 0 Å². The van der Waals surface area contributed by atoms with Crippen molar-refractivity contribution >= 4 is 41.3 Å². The van der Waals surface area contributed by atoms with E-state index in [0.717, 1.165) is 50.6 Å². The van der Waals surface area contributed by atoms with Gasteiger partial charge in [-0.3, -0.25) is 10.1 Å². The van der Waals surface area contributed by atoms with Crippen LogP contribution in [0.1, 0.15) is 29.5 Å². The minimum absolute atomic E-state index is 0. The van der Waals surface area contributed by atoms with Crippen LogP contribution in [-0.4, -0.2) is 47.7 Å². The maximum absolute atomic E-state index is 4.75. The number of H-pyrrole nitrogens is 1. The highest BCUT2D eigenvalue weighted by Gasteiger charge is 2.06. The molecule has 2 aromatic heterocycles. The molecule has 0 saturated carbocycles. The van der Waals surface area contributed by atoms with Crippen molar-refractivity contribution in [1.82, 2.24) is 20.4 Å². The Morgan fingerprint density at radius 1 is 1.42 bits per heavy atom. The summed E-state index contributed by atoms with van der Waals surface area (Å²) in [7, 11) is 2.11. The van der Waals surface area contributed by atoms with E-state index >= 15 is 0 Å². The molecule has 2 N–H and O–H groups in total. The molecule has 5 nitrogen and oxygen atoms in total. The molecule has 0 amide bonds. The molecule has 0 radical (unpaired) electrons. The van der Waals surface area contributed by atoms with Gasteiger partial charge in [-0.15, -0.1) is 35.3 Å². The predicted molar refractivity (Wildman–Crippen MR) is 114 cm³/mol. The van der Waals surface area contributed by atoms with Crippen LogP contribution in [-0.2, 0) is 12.8 Å². The lowest BCUT2D eigenvalue weighted by Crippen LogP contribution is -2.40. The van der Waals surface area contributed by atoms with Crippen molar-refractivity contribution in [2.24, 2.45) is 4.99 Å². The molecule has 0 bridgehead atoms. The molecule has 0 spiro atoms. The summed E-state index contributed by atoms with van der Waals surface area (Å²) in [4.78, 5) is 8.38. The van der Waals surface area contributed by atoms with Gasteiger partial charge in [-0.25, -0.2) is 0 Å². The number of hydrogen-bond acceptors (Lipinski definition) is 3. The van der Waals surface area contributed by atoms with Crippen molar-refractivity contribution in [3.63, 3.8) is 0 Å². The molecule has 0 saturated heterocycles. The number of aromatic amines is 1. The molecule has 2 aromatic rings. The quantitative estimate of drug-likeness (QED) is 0.274. The van der Waals surface area contributed by atoms with Gasteiger partial charge in [-0.2, -0.15) is 5.10 Å². The fourth-order valence-corrected chi connectivity index (χ4v) is 3.09. The number of aryl methyl sites for hydroxylation is 2. The second kappa shape index (κ2) is 11.5. The molecule has 7 heteroatoms. The number of aromatic nitrogens is 2. The van der Waals surface area contributed by atoms with Gasteiger partial charge in [-0.05, 0) is 50.1 Å². The highest BCUT2D eigenvalue weighted by Crippen LogP contribution is 2.09. The summed E-state index contributed by atoms with van der Waals surface area (Å²) in [6.45, 7) is 6.87. The molecule has 0 unspecified atom stereocenters. The first-order chi connectivity index (χ1) is 11.2. The number of likely N-dealkylation sites (N-methyl/N-ethyl adjacent to an activating group) is 1. The van der Waals surface area contributed by atoms with Crippen molar-refractivity contribution in [2.75, 3.05) is 26.7 Å². The molecule has 2 rings (SSSR count). The number of thiophene rings is 1. The van der Waals surface area contributed by atoms with Gasteiger partial charge < -0.3 is 10.2 Å². The van der Waals surface area contributed by atoms with E-state index in [4.69, 9.17) is 4.99 Å². The Morgan fingerprint density at radius 3 is 2.88 bits per heavy atom. The van der Waals surface area contributed by atoms with E-state index in [0.29, 0.717) is 0 Å². The highest BCUT2D eigenvalue weighted by atomic mass is 127. The van der Waals surface area contributed by atoms with Crippen molar-refractivity contribution in [3.8, 4) is 0 Å². The van der Waals surface area contributed by atoms with Gasteiger partial charge in [0, 0.05) is 37.3 Å². The number of nitrogens with zero attached hydrogens (tertiary/aromatic N) is 3. The summed E-state index contributed by atoms with van der Waals surface area (Å²) < 4.78 is 0. The van der Waals surface area contributed by atoms with Crippen molar-refractivity contribution in [1.29, 1.82) is 0 Å². The van der Waals surface area contributed by atoms with Gasteiger partial charge in [0.05, 0.1) is 6.20 Å². The van der Waals surface area contributed by atoms with Crippen LogP contribution < -0.4 is 5.32 Å². The third-order valence-corrected chi connectivity index (χ3v) is 4.71. The van der Waals surface area contributed by atoms with Crippen LogP contribution in [0.2, 0.25) is 0 Å². The van der Waals surface area contributed by atoms with Crippen LogP contribution in [0.3, 0.4) is 0 Å². The molecular formula is C17H28IN5S. The molecule has 134 valence electrons. The van der Waals surface area contributed by atoms with E-state index in [1.165, 1.54) is 10.4 Å². The van der Waals surface area contributed by atoms with E-state index in [-0.39, 0.29) is 24.0 Å².